The Morgan fingerprint density at radius 3 is 2.43 bits per heavy atom. The molecule has 0 aromatic carbocycles. The van der Waals surface area contributed by atoms with Gasteiger partial charge < -0.3 is 10.2 Å². The molecule has 118 valence electrons. The minimum atomic E-state index is -0.0970. The summed E-state index contributed by atoms with van der Waals surface area (Å²) in [4.78, 5) is 18.5. The molecule has 0 aliphatic rings. The van der Waals surface area contributed by atoms with Crippen LogP contribution < -0.4 is 5.32 Å². The van der Waals surface area contributed by atoms with Gasteiger partial charge in [0.05, 0.1) is 0 Å². The van der Waals surface area contributed by atoms with Crippen LogP contribution in [-0.2, 0) is 0 Å². The molecule has 1 aromatic rings. The van der Waals surface area contributed by atoms with Crippen molar-refractivity contribution in [2.45, 2.75) is 39.7 Å². The van der Waals surface area contributed by atoms with Gasteiger partial charge in [0, 0.05) is 23.8 Å². The fourth-order valence-corrected chi connectivity index (χ4v) is 2.91. The van der Waals surface area contributed by atoms with Crippen LogP contribution in [0.4, 0.5) is 0 Å². The maximum atomic E-state index is 12.3. The van der Waals surface area contributed by atoms with Gasteiger partial charge in [0.15, 0.2) is 0 Å². The first-order valence-electron chi connectivity index (χ1n) is 7.47. The number of aryl methyl sites for hydroxylation is 1. The van der Waals surface area contributed by atoms with Gasteiger partial charge in [-0.25, -0.2) is 4.98 Å². The standard InChI is InChI=1S/C16H26ClN3O/c1-6-12(7-2)14(20(4)5)10-18-16(21)13-8-11(3)19-15(17)9-13/h8-9,12,14H,6-7,10H2,1-5H3,(H,18,21). The number of amides is 1. The smallest absolute Gasteiger partial charge is 0.251 e. The number of rotatable bonds is 7. The third kappa shape index (κ3) is 5.29. The summed E-state index contributed by atoms with van der Waals surface area (Å²) < 4.78 is 0. The molecule has 5 heteroatoms. The van der Waals surface area contributed by atoms with Gasteiger partial charge in [-0.15, -0.1) is 0 Å². The maximum absolute atomic E-state index is 12.3. The normalized spacial score (nSPS) is 12.8. The number of hydrogen-bond donors (Lipinski definition) is 1. The number of carbonyl (C=O) groups is 1. The quantitative estimate of drug-likeness (QED) is 0.787. The topological polar surface area (TPSA) is 45.2 Å². The average molecular weight is 312 g/mol. The molecular weight excluding hydrogens is 286 g/mol. The first-order valence-corrected chi connectivity index (χ1v) is 7.85. The van der Waals surface area contributed by atoms with E-state index in [0.29, 0.717) is 29.2 Å². The van der Waals surface area contributed by atoms with Crippen molar-refractivity contribution in [3.05, 3.63) is 28.5 Å². The van der Waals surface area contributed by atoms with Gasteiger partial charge in [-0.05, 0) is 39.1 Å². The van der Waals surface area contributed by atoms with E-state index in [0.717, 1.165) is 18.5 Å². The summed E-state index contributed by atoms with van der Waals surface area (Å²) in [5, 5.41) is 3.37. The van der Waals surface area contributed by atoms with Crippen LogP contribution >= 0.6 is 11.6 Å². The van der Waals surface area contributed by atoms with Gasteiger partial charge in [-0.3, -0.25) is 4.79 Å². The maximum Gasteiger partial charge on any atom is 0.251 e. The zero-order valence-electron chi connectivity index (χ0n) is 13.6. The zero-order valence-corrected chi connectivity index (χ0v) is 14.4. The molecule has 0 aliphatic heterocycles. The molecule has 0 spiro atoms. The zero-order chi connectivity index (χ0) is 16.0. The lowest BCUT2D eigenvalue weighted by Gasteiger charge is -2.31. The Morgan fingerprint density at radius 2 is 1.95 bits per heavy atom. The Labute approximate surface area is 132 Å². The lowest BCUT2D eigenvalue weighted by molar-refractivity contribution is 0.0928. The van der Waals surface area contributed by atoms with E-state index in [1.54, 1.807) is 12.1 Å². The van der Waals surface area contributed by atoms with Crippen LogP contribution in [0.2, 0.25) is 5.15 Å². The Kier molecular flexibility index (Phi) is 7.12. The molecule has 4 nitrogen and oxygen atoms in total. The second-order valence-corrected chi connectivity index (χ2v) is 6.02. The molecule has 21 heavy (non-hydrogen) atoms. The highest BCUT2D eigenvalue weighted by Crippen LogP contribution is 2.17. The van der Waals surface area contributed by atoms with Crippen molar-refractivity contribution in [1.29, 1.82) is 0 Å². The minimum Gasteiger partial charge on any atom is -0.350 e. The van der Waals surface area contributed by atoms with Crippen molar-refractivity contribution < 1.29 is 4.79 Å². The minimum absolute atomic E-state index is 0.0970. The van der Waals surface area contributed by atoms with Gasteiger partial charge >= 0.3 is 0 Å². The highest BCUT2D eigenvalue weighted by atomic mass is 35.5. The van der Waals surface area contributed by atoms with Crippen molar-refractivity contribution >= 4 is 17.5 Å². The van der Waals surface area contributed by atoms with Gasteiger partial charge in [0.25, 0.3) is 5.91 Å². The molecule has 1 heterocycles. The molecule has 0 saturated carbocycles. The first-order chi connectivity index (χ1) is 9.88. The van der Waals surface area contributed by atoms with Crippen LogP contribution in [0, 0.1) is 12.8 Å². The van der Waals surface area contributed by atoms with E-state index >= 15 is 0 Å². The van der Waals surface area contributed by atoms with E-state index in [1.807, 2.05) is 6.92 Å². The Hall–Kier alpha value is -1.13. The van der Waals surface area contributed by atoms with E-state index in [1.165, 1.54) is 0 Å². The molecule has 1 amide bonds. The van der Waals surface area contributed by atoms with E-state index in [-0.39, 0.29) is 5.91 Å². The molecular formula is C16H26ClN3O. The number of pyridine rings is 1. The van der Waals surface area contributed by atoms with Gasteiger partial charge in [0.1, 0.15) is 5.15 Å². The Bertz CT molecular complexity index is 452. The highest BCUT2D eigenvalue weighted by molar-refractivity contribution is 6.29. The predicted molar refractivity (Wildman–Crippen MR) is 87.9 cm³/mol. The summed E-state index contributed by atoms with van der Waals surface area (Å²) in [6.45, 7) is 6.85. The third-order valence-corrected chi connectivity index (χ3v) is 4.11. The van der Waals surface area contributed by atoms with Crippen molar-refractivity contribution in [1.82, 2.24) is 15.2 Å². The van der Waals surface area contributed by atoms with Gasteiger partial charge in [-0.1, -0.05) is 38.3 Å². The predicted octanol–water partition coefficient (Wildman–Crippen LogP) is 3.14. The molecule has 1 N–H and O–H groups in total. The van der Waals surface area contributed by atoms with Gasteiger partial charge in [-0.2, -0.15) is 0 Å². The molecule has 0 saturated heterocycles. The summed E-state index contributed by atoms with van der Waals surface area (Å²) in [5.41, 5.74) is 1.31. The number of carbonyl (C=O) groups excluding carboxylic acids is 1. The summed E-state index contributed by atoms with van der Waals surface area (Å²) in [6.07, 6.45) is 2.21. The summed E-state index contributed by atoms with van der Waals surface area (Å²) in [7, 11) is 4.12. The van der Waals surface area contributed by atoms with E-state index in [4.69, 9.17) is 11.6 Å². The van der Waals surface area contributed by atoms with Crippen LogP contribution in [-0.4, -0.2) is 42.5 Å². The average Bonchev–Trinajstić information content (AvgIpc) is 2.41. The van der Waals surface area contributed by atoms with E-state index in [9.17, 15) is 4.79 Å². The Balaban J connectivity index is 2.73. The summed E-state index contributed by atoms with van der Waals surface area (Å²) in [5.74, 6) is 0.475. The Morgan fingerprint density at radius 1 is 1.33 bits per heavy atom. The van der Waals surface area contributed by atoms with Gasteiger partial charge in [0.2, 0.25) is 0 Å². The lowest BCUT2D eigenvalue weighted by Crippen LogP contribution is -2.44. The second-order valence-electron chi connectivity index (χ2n) is 5.64. The first kappa shape index (κ1) is 17.9. The largest absolute Gasteiger partial charge is 0.350 e. The van der Waals surface area contributed by atoms with Crippen molar-refractivity contribution in [3.8, 4) is 0 Å². The highest BCUT2D eigenvalue weighted by Gasteiger charge is 2.21. The van der Waals surface area contributed by atoms with E-state index < -0.39 is 0 Å². The fraction of sp³-hybridized carbons (Fsp3) is 0.625. The molecule has 1 unspecified atom stereocenters. The third-order valence-electron chi connectivity index (χ3n) is 3.91. The number of halogens is 1. The van der Waals surface area contributed by atoms with Crippen molar-refractivity contribution in [3.63, 3.8) is 0 Å². The monoisotopic (exact) mass is 311 g/mol. The van der Waals surface area contributed by atoms with Crippen molar-refractivity contribution in [2.24, 2.45) is 5.92 Å². The molecule has 0 fully saturated rings. The van der Waals surface area contributed by atoms with Crippen LogP contribution in [0.1, 0.15) is 42.7 Å². The molecule has 1 atom stereocenters. The summed E-state index contributed by atoms with van der Waals surface area (Å²) >= 11 is 5.90. The summed E-state index contributed by atoms with van der Waals surface area (Å²) in [6, 6.07) is 3.69. The van der Waals surface area contributed by atoms with Crippen LogP contribution in [0.5, 0.6) is 0 Å². The SMILES string of the molecule is CCC(CC)C(CNC(=O)c1cc(C)nc(Cl)c1)N(C)C. The molecule has 0 bridgehead atoms. The molecule has 1 aromatic heterocycles. The van der Waals surface area contributed by atoms with Crippen molar-refractivity contribution in [2.75, 3.05) is 20.6 Å². The number of likely N-dealkylation sites (N-methyl/N-ethyl adjacent to an activating group) is 1. The second kappa shape index (κ2) is 8.35. The fourth-order valence-electron chi connectivity index (χ4n) is 2.66. The van der Waals surface area contributed by atoms with Crippen LogP contribution in [0.15, 0.2) is 12.1 Å². The lowest BCUT2D eigenvalue weighted by atomic mass is 9.93. The number of aromatic nitrogens is 1. The number of hydrogen-bond acceptors (Lipinski definition) is 3. The van der Waals surface area contributed by atoms with E-state index in [2.05, 4.69) is 43.1 Å². The van der Waals surface area contributed by atoms with Crippen LogP contribution in [0.3, 0.4) is 0 Å². The van der Waals surface area contributed by atoms with Crippen LogP contribution in [0.25, 0.3) is 0 Å². The number of nitrogens with zero attached hydrogens (tertiary/aromatic N) is 2. The molecule has 0 radical (unpaired) electrons. The molecule has 0 aliphatic carbocycles. The molecule has 1 rings (SSSR count). The number of nitrogens with one attached hydrogen (secondary N) is 1.